The second kappa shape index (κ2) is 7.28. The molecule has 0 unspecified atom stereocenters. The molecule has 0 bridgehead atoms. The summed E-state index contributed by atoms with van der Waals surface area (Å²) in [5, 5.41) is 7.12. The van der Waals surface area contributed by atoms with Gasteiger partial charge in [-0.2, -0.15) is 0 Å². The zero-order valence-electron chi connectivity index (χ0n) is 13.2. The summed E-state index contributed by atoms with van der Waals surface area (Å²) in [4.78, 5) is 14.6. The molecule has 1 saturated heterocycles. The summed E-state index contributed by atoms with van der Waals surface area (Å²) in [5.41, 5.74) is 1.16. The van der Waals surface area contributed by atoms with Gasteiger partial charge in [0, 0.05) is 38.5 Å². The van der Waals surface area contributed by atoms with Crippen molar-refractivity contribution in [3.63, 3.8) is 0 Å². The van der Waals surface area contributed by atoms with Gasteiger partial charge in [0.15, 0.2) is 0 Å². The molecular formula is C17H21N3O3. The number of benzene rings is 1. The predicted molar refractivity (Wildman–Crippen MR) is 85.1 cm³/mol. The molecule has 1 aromatic carbocycles. The summed E-state index contributed by atoms with van der Waals surface area (Å²) in [5.74, 6) is 1.24. The van der Waals surface area contributed by atoms with Crippen molar-refractivity contribution in [1.82, 2.24) is 15.4 Å². The van der Waals surface area contributed by atoms with E-state index in [2.05, 4.69) is 22.6 Å². The van der Waals surface area contributed by atoms with Crippen LogP contribution in [0.1, 0.15) is 23.8 Å². The Kier molecular flexibility index (Phi) is 4.92. The van der Waals surface area contributed by atoms with Crippen molar-refractivity contribution in [3.05, 3.63) is 47.7 Å². The summed E-state index contributed by atoms with van der Waals surface area (Å²) >= 11 is 0. The number of carbonyl (C=O) groups excluding carboxylic acids is 1. The highest BCUT2D eigenvalue weighted by molar-refractivity contribution is 5.77. The molecule has 1 atom stereocenters. The summed E-state index contributed by atoms with van der Waals surface area (Å²) in [6.07, 6.45) is 0.933. The third-order valence-corrected chi connectivity index (χ3v) is 4.08. The Morgan fingerprint density at radius 1 is 1.43 bits per heavy atom. The van der Waals surface area contributed by atoms with E-state index < -0.39 is 0 Å². The largest absolute Gasteiger partial charge is 0.479 e. The van der Waals surface area contributed by atoms with Crippen molar-refractivity contribution in [2.45, 2.75) is 18.9 Å². The maximum atomic E-state index is 12.6. The van der Waals surface area contributed by atoms with Crippen LogP contribution in [-0.2, 0) is 11.2 Å². The normalized spacial score (nSPS) is 18.0. The van der Waals surface area contributed by atoms with Crippen LogP contribution in [0.4, 0.5) is 0 Å². The van der Waals surface area contributed by atoms with E-state index in [0.717, 1.165) is 25.2 Å². The topological polar surface area (TPSA) is 67.6 Å². The first-order valence-corrected chi connectivity index (χ1v) is 7.82. The van der Waals surface area contributed by atoms with Crippen molar-refractivity contribution in [1.29, 1.82) is 0 Å². The molecule has 1 N–H and O–H groups in total. The van der Waals surface area contributed by atoms with Crippen LogP contribution < -0.4 is 10.1 Å². The van der Waals surface area contributed by atoms with Crippen molar-refractivity contribution in [3.8, 4) is 5.88 Å². The van der Waals surface area contributed by atoms with E-state index in [1.165, 1.54) is 7.11 Å². The standard InChI is InChI=1S/C17H21N3O3/c1-22-16-11-14(23-19-16)7-8-17(21)20-10-9-18-12-15(20)13-5-3-2-4-6-13/h2-6,11,15,18H,7-10,12H2,1H3/t15-/m1/s1. The number of piperazine rings is 1. The van der Waals surface area contributed by atoms with Crippen LogP contribution in [0.2, 0.25) is 0 Å². The predicted octanol–water partition coefficient (Wildman–Crippen LogP) is 1.79. The summed E-state index contributed by atoms with van der Waals surface area (Å²) in [6, 6.07) is 11.9. The third-order valence-electron chi connectivity index (χ3n) is 4.08. The molecule has 1 aromatic heterocycles. The van der Waals surface area contributed by atoms with E-state index in [1.54, 1.807) is 6.07 Å². The molecule has 1 aliphatic rings. The molecule has 6 nitrogen and oxygen atoms in total. The second-order valence-corrected chi connectivity index (χ2v) is 5.55. The molecule has 122 valence electrons. The number of methoxy groups -OCH3 is 1. The lowest BCUT2D eigenvalue weighted by atomic mass is 10.0. The highest BCUT2D eigenvalue weighted by Crippen LogP contribution is 2.23. The molecule has 2 heterocycles. The fourth-order valence-electron chi connectivity index (χ4n) is 2.86. The Hall–Kier alpha value is -2.34. The number of aryl methyl sites for hydroxylation is 1. The maximum Gasteiger partial charge on any atom is 0.254 e. The lowest BCUT2D eigenvalue weighted by Gasteiger charge is -2.36. The summed E-state index contributed by atoms with van der Waals surface area (Å²) in [7, 11) is 1.54. The average Bonchev–Trinajstić information content (AvgIpc) is 3.08. The molecule has 1 fully saturated rings. The Bertz CT molecular complexity index is 642. The van der Waals surface area contributed by atoms with Crippen LogP contribution in [0.5, 0.6) is 5.88 Å². The first kappa shape index (κ1) is 15.6. The van der Waals surface area contributed by atoms with Crippen LogP contribution >= 0.6 is 0 Å². The van der Waals surface area contributed by atoms with Gasteiger partial charge in [-0.3, -0.25) is 4.79 Å². The SMILES string of the molecule is COc1cc(CCC(=O)N2CCNC[C@@H]2c2ccccc2)on1. The first-order valence-electron chi connectivity index (χ1n) is 7.82. The molecule has 0 aliphatic carbocycles. The van der Waals surface area contributed by atoms with Gasteiger partial charge < -0.3 is 19.5 Å². The van der Waals surface area contributed by atoms with E-state index in [1.807, 2.05) is 23.1 Å². The van der Waals surface area contributed by atoms with Crippen LogP contribution in [-0.4, -0.2) is 42.7 Å². The zero-order valence-corrected chi connectivity index (χ0v) is 13.2. The molecule has 0 radical (unpaired) electrons. The average molecular weight is 315 g/mol. The van der Waals surface area contributed by atoms with E-state index in [0.29, 0.717) is 24.5 Å². The van der Waals surface area contributed by atoms with E-state index in [4.69, 9.17) is 9.26 Å². The van der Waals surface area contributed by atoms with Gasteiger partial charge in [-0.25, -0.2) is 0 Å². The Morgan fingerprint density at radius 3 is 3.00 bits per heavy atom. The first-order chi connectivity index (χ1) is 11.3. The van der Waals surface area contributed by atoms with Gasteiger partial charge in [-0.15, -0.1) is 0 Å². The van der Waals surface area contributed by atoms with Crippen molar-refractivity contribution in [2.24, 2.45) is 0 Å². The number of ether oxygens (including phenoxy) is 1. The molecule has 1 amide bonds. The van der Waals surface area contributed by atoms with Gasteiger partial charge in [-0.1, -0.05) is 30.3 Å². The number of hydrogen-bond acceptors (Lipinski definition) is 5. The Balaban J connectivity index is 1.64. The lowest BCUT2D eigenvalue weighted by molar-refractivity contribution is -0.134. The fraction of sp³-hybridized carbons (Fsp3) is 0.412. The van der Waals surface area contributed by atoms with Gasteiger partial charge in [0.2, 0.25) is 5.91 Å². The van der Waals surface area contributed by atoms with Gasteiger partial charge in [0.25, 0.3) is 5.88 Å². The molecule has 23 heavy (non-hydrogen) atoms. The number of nitrogens with one attached hydrogen (secondary N) is 1. The van der Waals surface area contributed by atoms with Gasteiger partial charge in [0.1, 0.15) is 5.76 Å². The minimum atomic E-state index is 0.0849. The van der Waals surface area contributed by atoms with Crippen molar-refractivity contribution < 1.29 is 14.1 Å². The quantitative estimate of drug-likeness (QED) is 0.911. The molecule has 0 spiro atoms. The van der Waals surface area contributed by atoms with E-state index >= 15 is 0 Å². The number of amides is 1. The monoisotopic (exact) mass is 315 g/mol. The van der Waals surface area contributed by atoms with E-state index in [9.17, 15) is 4.79 Å². The smallest absolute Gasteiger partial charge is 0.254 e. The summed E-state index contributed by atoms with van der Waals surface area (Å²) in [6.45, 7) is 2.33. The Labute approximate surface area is 135 Å². The number of nitrogens with zero attached hydrogens (tertiary/aromatic N) is 2. The van der Waals surface area contributed by atoms with Gasteiger partial charge >= 0.3 is 0 Å². The van der Waals surface area contributed by atoms with Gasteiger partial charge in [0.05, 0.1) is 13.2 Å². The Morgan fingerprint density at radius 2 is 2.26 bits per heavy atom. The third kappa shape index (κ3) is 3.71. The van der Waals surface area contributed by atoms with Crippen molar-refractivity contribution in [2.75, 3.05) is 26.7 Å². The van der Waals surface area contributed by atoms with Crippen LogP contribution in [0.15, 0.2) is 40.9 Å². The van der Waals surface area contributed by atoms with Crippen LogP contribution in [0, 0.1) is 0 Å². The number of hydrogen-bond donors (Lipinski definition) is 1. The summed E-state index contributed by atoms with van der Waals surface area (Å²) < 4.78 is 10.1. The molecule has 3 rings (SSSR count). The minimum absolute atomic E-state index is 0.0849. The molecule has 0 saturated carbocycles. The number of aromatic nitrogens is 1. The molecule has 6 heteroatoms. The fourth-order valence-corrected chi connectivity index (χ4v) is 2.86. The lowest BCUT2D eigenvalue weighted by Crippen LogP contribution is -2.48. The molecule has 1 aliphatic heterocycles. The highest BCUT2D eigenvalue weighted by Gasteiger charge is 2.27. The zero-order chi connectivity index (χ0) is 16.1. The minimum Gasteiger partial charge on any atom is -0.479 e. The van der Waals surface area contributed by atoms with Crippen LogP contribution in [0.3, 0.4) is 0 Å². The molecular weight excluding hydrogens is 294 g/mol. The second-order valence-electron chi connectivity index (χ2n) is 5.55. The van der Waals surface area contributed by atoms with E-state index in [-0.39, 0.29) is 11.9 Å². The number of rotatable bonds is 5. The number of carbonyl (C=O) groups is 1. The van der Waals surface area contributed by atoms with Crippen LogP contribution in [0.25, 0.3) is 0 Å². The molecule has 2 aromatic rings. The highest BCUT2D eigenvalue weighted by atomic mass is 16.5. The maximum absolute atomic E-state index is 12.6. The van der Waals surface area contributed by atoms with Crippen molar-refractivity contribution >= 4 is 5.91 Å². The van der Waals surface area contributed by atoms with Gasteiger partial charge in [-0.05, 0) is 10.7 Å².